The van der Waals surface area contributed by atoms with Crippen LogP contribution in [0.25, 0.3) is 11.4 Å². The summed E-state index contributed by atoms with van der Waals surface area (Å²) in [4.78, 5) is 20.1. The third-order valence-corrected chi connectivity index (χ3v) is 3.53. The molecule has 3 N–H and O–H groups in total. The van der Waals surface area contributed by atoms with E-state index in [1.54, 1.807) is 25.4 Å². The first-order valence-electron chi connectivity index (χ1n) is 7.45. The van der Waals surface area contributed by atoms with Gasteiger partial charge in [-0.3, -0.25) is 9.48 Å². The zero-order chi connectivity index (χ0) is 17.3. The second kappa shape index (κ2) is 6.11. The minimum absolute atomic E-state index is 0.326. The molecule has 0 aliphatic heterocycles. The van der Waals surface area contributed by atoms with Crippen LogP contribution in [0.5, 0.6) is 0 Å². The number of carbonyl (C=O) groups is 1. The first kappa shape index (κ1) is 15.7. The van der Waals surface area contributed by atoms with Crippen LogP contribution in [0.3, 0.4) is 0 Å². The summed E-state index contributed by atoms with van der Waals surface area (Å²) in [6, 6.07) is 9.50. The zero-order valence-electron chi connectivity index (χ0n) is 13.7. The van der Waals surface area contributed by atoms with Gasteiger partial charge < -0.3 is 11.1 Å². The summed E-state index contributed by atoms with van der Waals surface area (Å²) in [5.74, 6) is -0.0670. The maximum atomic E-state index is 11.4. The summed E-state index contributed by atoms with van der Waals surface area (Å²) in [6.07, 6.45) is 1.64. The van der Waals surface area contributed by atoms with Crippen LogP contribution in [0.1, 0.15) is 21.6 Å². The molecule has 7 heteroatoms. The highest BCUT2D eigenvalue weighted by Crippen LogP contribution is 2.20. The molecular weight excluding hydrogens is 304 g/mol. The summed E-state index contributed by atoms with van der Waals surface area (Å²) < 4.78 is 1.44. The molecule has 0 aliphatic carbocycles. The maximum Gasteiger partial charge on any atom is 0.266 e. The largest absolute Gasteiger partial charge is 0.364 e. The van der Waals surface area contributed by atoms with Crippen molar-refractivity contribution in [3.63, 3.8) is 0 Å². The van der Waals surface area contributed by atoms with Crippen LogP contribution >= 0.6 is 0 Å². The van der Waals surface area contributed by atoms with Crippen LogP contribution in [0, 0.1) is 13.8 Å². The Hall–Kier alpha value is -3.22. The van der Waals surface area contributed by atoms with Gasteiger partial charge in [0.05, 0.1) is 5.69 Å². The van der Waals surface area contributed by atoms with E-state index in [2.05, 4.69) is 26.4 Å². The molecule has 0 spiro atoms. The van der Waals surface area contributed by atoms with Crippen LogP contribution in [-0.4, -0.2) is 25.7 Å². The van der Waals surface area contributed by atoms with Gasteiger partial charge in [0.2, 0.25) is 5.95 Å². The fourth-order valence-corrected chi connectivity index (χ4v) is 2.56. The van der Waals surface area contributed by atoms with Gasteiger partial charge in [0, 0.05) is 18.9 Å². The standard InChI is InChI=1S/C17H18N6O/c1-10-6-11(2)8-12(7-10)20-17-19-5-4-13(21-17)14-9-15(16(18)24)23(3)22-14/h4-9H,1-3H3,(H2,18,24)(H,19,20,21). The van der Waals surface area contributed by atoms with Crippen molar-refractivity contribution in [3.8, 4) is 11.4 Å². The third-order valence-electron chi connectivity index (χ3n) is 3.53. The molecule has 3 rings (SSSR count). The van der Waals surface area contributed by atoms with E-state index >= 15 is 0 Å². The zero-order valence-corrected chi connectivity index (χ0v) is 13.7. The van der Waals surface area contributed by atoms with E-state index in [0.29, 0.717) is 23.0 Å². The third kappa shape index (κ3) is 3.24. The molecule has 0 saturated carbocycles. The van der Waals surface area contributed by atoms with Crippen molar-refractivity contribution >= 4 is 17.5 Å². The number of anilines is 2. The Balaban J connectivity index is 1.91. The molecule has 0 atom stereocenters. The predicted octanol–water partition coefficient (Wildman–Crippen LogP) is 2.34. The van der Waals surface area contributed by atoms with Crippen LogP contribution < -0.4 is 11.1 Å². The Kier molecular flexibility index (Phi) is 3.99. The smallest absolute Gasteiger partial charge is 0.266 e. The van der Waals surface area contributed by atoms with E-state index in [-0.39, 0.29) is 0 Å². The Morgan fingerprint density at radius 3 is 2.46 bits per heavy atom. The molecule has 1 amide bonds. The van der Waals surface area contributed by atoms with E-state index in [0.717, 1.165) is 16.8 Å². The normalized spacial score (nSPS) is 10.6. The highest BCUT2D eigenvalue weighted by Gasteiger charge is 2.13. The van der Waals surface area contributed by atoms with Crippen molar-refractivity contribution in [2.24, 2.45) is 12.8 Å². The highest BCUT2D eigenvalue weighted by molar-refractivity contribution is 5.92. The molecule has 7 nitrogen and oxygen atoms in total. The number of rotatable bonds is 4. The topological polar surface area (TPSA) is 98.7 Å². The first-order valence-corrected chi connectivity index (χ1v) is 7.45. The molecular formula is C17H18N6O. The predicted molar refractivity (Wildman–Crippen MR) is 92.0 cm³/mol. The second-order valence-corrected chi connectivity index (χ2v) is 5.67. The summed E-state index contributed by atoms with van der Waals surface area (Å²) in [5.41, 5.74) is 10.1. The van der Waals surface area contributed by atoms with E-state index in [9.17, 15) is 4.79 Å². The van der Waals surface area contributed by atoms with Crippen molar-refractivity contribution in [3.05, 3.63) is 53.3 Å². The number of primary amides is 1. The first-order chi connectivity index (χ1) is 11.4. The number of hydrogen-bond donors (Lipinski definition) is 2. The number of nitrogens with one attached hydrogen (secondary N) is 1. The fourth-order valence-electron chi connectivity index (χ4n) is 2.56. The van der Waals surface area contributed by atoms with E-state index in [1.165, 1.54) is 4.68 Å². The van der Waals surface area contributed by atoms with Crippen LogP contribution in [-0.2, 0) is 7.05 Å². The minimum atomic E-state index is -0.529. The summed E-state index contributed by atoms with van der Waals surface area (Å²) in [7, 11) is 1.67. The minimum Gasteiger partial charge on any atom is -0.364 e. The van der Waals surface area contributed by atoms with Gasteiger partial charge >= 0.3 is 0 Å². The van der Waals surface area contributed by atoms with Crippen LogP contribution in [0.15, 0.2) is 36.5 Å². The van der Waals surface area contributed by atoms with Crippen molar-refractivity contribution in [2.75, 3.05) is 5.32 Å². The fraction of sp³-hybridized carbons (Fsp3) is 0.176. The Morgan fingerprint density at radius 1 is 1.12 bits per heavy atom. The van der Waals surface area contributed by atoms with Crippen molar-refractivity contribution in [1.29, 1.82) is 0 Å². The molecule has 122 valence electrons. The van der Waals surface area contributed by atoms with Gasteiger partial charge in [0.15, 0.2) is 0 Å². The number of nitrogens with zero attached hydrogens (tertiary/aromatic N) is 4. The lowest BCUT2D eigenvalue weighted by Crippen LogP contribution is -2.15. The number of benzene rings is 1. The quantitative estimate of drug-likeness (QED) is 0.768. The maximum absolute atomic E-state index is 11.4. The SMILES string of the molecule is Cc1cc(C)cc(Nc2nccc(-c3cc(C(N)=O)n(C)n3)n2)c1. The average molecular weight is 322 g/mol. The molecule has 2 aromatic heterocycles. The lowest BCUT2D eigenvalue weighted by atomic mass is 10.1. The Bertz CT molecular complexity index is 895. The van der Waals surface area contributed by atoms with Crippen LogP contribution in [0.2, 0.25) is 0 Å². The number of nitrogens with two attached hydrogens (primary N) is 1. The molecule has 0 radical (unpaired) electrons. The van der Waals surface area contributed by atoms with E-state index in [1.807, 2.05) is 26.0 Å². The van der Waals surface area contributed by atoms with Crippen molar-refractivity contribution < 1.29 is 4.79 Å². The molecule has 0 bridgehead atoms. The van der Waals surface area contributed by atoms with Gasteiger partial charge in [-0.25, -0.2) is 9.97 Å². The van der Waals surface area contributed by atoms with Gasteiger partial charge in [-0.15, -0.1) is 0 Å². The molecule has 24 heavy (non-hydrogen) atoms. The highest BCUT2D eigenvalue weighted by atomic mass is 16.1. The van der Waals surface area contributed by atoms with Gasteiger partial charge in [-0.2, -0.15) is 5.10 Å². The summed E-state index contributed by atoms with van der Waals surface area (Å²) in [6.45, 7) is 4.07. The van der Waals surface area contributed by atoms with Gasteiger partial charge in [-0.1, -0.05) is 6.07 Å². The lowest BCUT2D eigenvalue weighted by molar-refractivity contribution is 0.0991. The molecule has 0 unspecified atom stereocenters. The van der Waals surface area contributed by atoms with E-state index in [4.69, 9.17) is 5.73 Å². The molecule has 0 saturated heterocycles. The van der Waals surface area contributed by atoms with Crippen molar-refractivity contribution in [1.82, 2.24) is 19.7 Å². The van der Waals surface area contributed by atoms with Gasteiger partial charge in [0.1, 0.15) is 11.4 Å². The molecule has 3 aromatic rings. The number of amides is 1. The summed E-state index contributed by atoms with van der Waals surface area (Å²) in [5, 5.41) is 7.47. The number of aryl methyl sites for hydroxylation is 3. The number of aromatic nitrogens is 4. The molecule has 0 fully saturated rings. The summed E-state index contributed by atoms with van der Waals surface area (Å²) >= 11 is 0. The van der Waals surface area contributed by atoms with Gasteiger partial charge in [-0.05, 0) is 49.2 Å². The monoisotopic (exact) mass is 322 g/mol. The molecule has 0 aliphatic rings. The van der Waals surface area contributed by atoms with E-state index < -0.39 is 5.91 Å². The number of carbonyl (C=O) groups excluding carboxylic acids is 1. The number of hydrogen-bond acceptors (Lipinski definition) is 5. The van der Waals surface area contributed by atoms with Gasteiger partial charge in [0.25, 0.3) is 5.91 Å². The average Bonchev–Trinajstić information content (AvgIpc) is 2.89. The lowest BCUT2D eigenvalue weighted by Gasteiger charge is -2.07. The van der Waals surface area contributed by atoms with Crippen molar-refractivity contribution in [2.45, 2.75) is 13.8 Å². The van der Waals surface area contributed by atoms with Crippen LogP contribution in [0.4, 0.5) is 11.6 Å². The molecule has 1 aromatic carbocycles. The Labute approximate surface area is 139 Å². The molecule has 2 heterocycles. The Morgan fingerprint density at radius 2 is 1.83 bits per heavy atom. The second-order valence-electron chi connectivity index (χ2n) is 5.67.